The highest BCUT2D eigenvalue weighted by atomic mass is 32.2. The number of benzene rings is 1. The van der Waals surface area contributed by atoms with Gasteiger partial charge in [0.2, 0.25) is 16.0 Å². The van der Waals surface area contributed by atoms with Gasteiger partial charge in [-0.05, 0) is 24.5 Å². The Hall–Kier alpha value is -2.03. The molecule has 1 aliphatic rings. The first-order valence-corrected chi connectivity index (χ1v) is 13.9. The van der Waals surface area contributed by atoms with Gasteiger partial charge in [0.25, 0.3) is 0 Å². The van der Waals surface area contributed by atoms with Crippen molar-refractivity contribution in [3.63, 3.8) is 0 Å². The predicted molar refractivity (Wildman–Crippen MR) is 131 cm³/mol. The largest absolute Gasteiger partial charge is 0.396 e. The summed E-state index contributed by atoms with van der Waals surface area (Å²) in [6.45, 7) is 2.51. The summed E-state index contributed by atoms with van der Waals surface area (Å²) < 4.78 is 33.3. The van der Waals surface area contributed by atoms with E-state index < -0.39 is 10.0 Å². The second-order valence-corrected chi connectivity index (χ2v) is 11.3. The molecule has 33 heavy (non-hydrogen) atoms. The number of rotatable bonds is 10. The molecule has 0 bridgehead atoms. The molecule has 0 aliphatic carbocycles. The lowest BCUT2D eigenvalue weighted by Crippen LogP contribution is -2.40. The van der Waals surface area contributed by atoms with E-state index in [0.717, 1.165) is 15.1 Å². The molecule has 1 aromatic carbocycles. The van der Waals surface area contributed by atoms with Crippen molar-refractivity contribution in [1.29, 1.82) is 0 Å². The maximum atomic E-state index is 12.9. The molecule has 3 N–H and O–H groups in total. The normalized spacial score (nSPS) is 16.1. The summed E-state index contributed by atoms with van der Waals surface area (Å²) in [7, 11) is -3.55. The van der Waals surface area contributed by atoms with Crippen molar-refractivity contribution in [3.05, 3.63) is 30.6 Å². The number of anilines is 2. The third-order valence-electron chi connectivity index (χ3n) is 5.18. The van der Waals surface area contributed by atoms with Gasteiger partial charge in [0.05, 0.1) is 28.3 Å². The molecule has 178 valence electrons. The first-order chi connectivity index (χ1) is 16.0. The van der Waals surface area contributed by atoms with E-state index in [4.69, 9.17) is 4.74 Å². The number of thioether (sulfide) groups is 1. The maximum absolute atomic E-state index is 12.9. The van der Waals surface area contributed by atoms with Crippen LogP contribution in [-0.4, -0.2) is 85.0 Å². The van der Waals surface area contributed by atoms with Crippen LogP contribution in [0.1, 0.15) is 0 Å². The van der Waals surface area contributed by atoms with Gasteiger partial charge in [-0.1, -0.05) is 11.3 Å². The number of aromatic nitrogens is 3. The third kappa shape index (κ3) is 5.91. The van der Waals surface area contributed by atoms with Crippen LogP contribution in [0.3, 0.4) is 0 Å². The minimum absolute atomic E-state index is 0.0181. The summed E-state index contributed by atoms with van der Waals surface area (Å²) in [4.78, 5) is 14.3. The summed E-state index contributed by atoms with van der Waals surface area (Å²) in [6, 6.07) is 4.99. The fourth-order valence-corrected chi connectivity index (χ4v) is 6.00. The molecule has 0 unspecified atom stereocenters. The Bertz CT molecular complexity index is 1170. The van der Waals surface area contributed by atoms with Crippen molar-refractivity contribution >= 4 is 54.4 Å². The minimum atomic E-state index is -3.55. The van der Waals surface area contributed by atoms with Gasteiger partial charge in [0, 0.05) is 56.0 Å². The minimum Gasteiger partial charge on any atom is -0.396 e. The fourth-order valence-electron chi connectivity index (χ4n) is 3.26. The highest BCUT2D eigenvalue weighted by molar-refractivity contribution is 7.98. The van der Waals surface area contributed by atoms with E-state index in [-0.39, 0.29) is 17.4 Å². The Balaban J connectivity index is 1.37. The van der Waals surface area contributed by atoms with E-state index in [1.165, 1.54) is 15.6 Å². The van der Waals surface area contributed by atoms with Crippen molar-refractivity contribution in [2.24, 2.45) is 5.92 Å². The standard InChI is InChI=1S/C20H26N6O4S3/c1-31-15-11-22-19(23-12-15)21-9-14(13-27)10-24-20-25-17-3-2-16(8-18(17)32-20)33(28,29)26-4-6-30-7-5-26/h2-3,8,11-12,14,27H,4-7,9-10,13H2,1H3,(H,24,25)(H,21,22,23)/t14-/m0/s1. The van der Waals surface area contributed by atoms with Gasteiger partial charge in [-0.15, -0.1) is 11.8 Å². The number of hydrogen-bond acceptors (Lipinski definition) is 11. The Labute approximate surface area is 200 Å². The van der Waals surface area contributed by atoms with E-state index in [2.05, 4.69) is 25.6 Å². The molecule has 1 atom stereocenters. The zero-order valence-electron chi connectivity index (χ0n) is 18.1. The quantitative estimate of drug-likeness (QED) is 0.348. The Morgan fingerprint density at radius 3 is 2.64 bits per heavy atom. The van der Waals surface area contributed by atoms with Crippen molar-refractivity contribution in [3.8, 4) is 0 Å². The molecule has 10 nitrogen and oxygen atoms in total. The lowest BCUT2D eigenvalue weighted by Gasteiger charge is -2.25. The average molecular weight is 511 g/mol. The molecule has 0 radical (unpaired) electrons. The van der Waals surface area contributed by atoms with E-state index in [0.29, 0.717) is 50.5 Å². The molecule has 1 aliphatic heterocycles. The molecule has 13 heteroatoms. The van der Waals surface area contributed by atoms with Crippen LogP contribution in [-0.2, 0) is 14.8 Å². The molecule has 1 fully saturated rings. The number of aliphatic hydroxyl groups excluding tert-OH is 1. The van der Waals surface area contributed by atoms with Crippen LogP contribution in [0, 0.1) is 5.92 Å². The number of aliphatic hydroxyl groups is 1. The van der Waals surface area contributed by atoms with Gasteiger partial charge in [0.15, 0.2) is 5.13 Å². The van der Waals surface area contributed by atoms with Crippen LogP contribution in [0.5, 0.6) is 0 Å². The molecule has 3 aromatic rings. The first kappa shape index (κ1) is 24.1. The number of thiazole rings is 1. The number of hydrogen-bond donors (Lipinski definition) is 3. The number of ether oxygens (including phenoxy) is 1. The maximum Gasteiger partial charge on any atom is 0.243 e. The van der Waals surface area contributed by atoms with Crippen LogP contribution in [0.25, 0.3) is 10.2 Å². The lowest BCUT2D eigenvalue weighted by molar-refractivity contribution is 0.0730. The number of fused-ring (bicyclic) bond motifs is 1. The summed E-state index contributed by atoms with van der Waals surface area (Å²) in [6.07, 6.45) is 5.47. The van der Waals surface area contributed by atoms with Gasteiger partial charge in [-0.25, -0.2) is 23.4 Å². The Morgan fingerprint density at radius 2 is 1.94 bits per heavy atom. The van der Waals surface area contributed by atoms with Crippen LogP contribution in [0.2, 0.25) is 0 Å². The molecule has 4 rings (SSSR count). The summed E-state index contributed by atoms with van der Waals surface area (Å²) in [5, 5.41) is 16.8. The Morgan fingerprint density at radius 1 is 1.21 bits per heavy atom. The molecule has 1 saturated heterocycles. The van der Waals surface area contributed by atoms with Crippen LogP contribution in [0.15, 0.2) is 40.4 Å². The van der Waals surface area contributed by atoms with Gasteiger partial charge in [-0.2, -0.15) is 4.31 Å². The van der Waals surface area contributed by atoms with Crippen LogP contribution in [0.4, 0.5) is 11.1 Å². The van der Waals surface area contributed by atoms with E-state index in [9.17, 15) is 13.5 Å². The molecular weight excluding hydrogens is 484 g/mol. The van der Waals surface area contributed by atoms with Crippen molar-refractivity contribution < 1.29 is 18.3 Å². The van der Waals surface area contributed by atoms with E-state index >= 15 is 0 Å². The van der Waals surface area contributed by atoms with Gasteiger partial charge >= 0.3 is 0 Å². The molecule has 3 heterocycles. The number of nitrogens with one attached hydrogen (secondary N) is 2. The molecule has 0 saturated carbocycles. The number of morpholine rings is 1. The second kappa shape index (κ2) is 10.9. The highest BCUT2D eigenvalue weighted by Gasteiger charge is 2.26. The molecule has 0 amide bonds. The predicted octanol–water partition coefficient (Wildman–Crippen LogP) is 1.96. The molecule has 2 aromatic heterocycles. The second-order valence-electron chi connectivity index (χ2n) is 7.42. The summed E-state index contributed by atoms with van der Waals surface area (Å²) in [5.41, 5.74) is 0.726. The zero-order valence-corrected chi connectivity index (χ0v) is 20.5. The zero-order chi connectivity index (χ0) is 23.3. The highest BCUT2D eigenvalue weighted by Crippen LogP contribution is 2.29. The number of nitrogens with zero attached hydrogens (tertiary/aromatic N) is 4. The monoisotopic (exact) mass is 510 g/mol. The van der Waals surface area contributed by atoms with Crippen LogP contribution >= 0.6 is 23.1 Å². The smallest absolute Gasteiger partial charge is 0.243 e. The first-order valence-electron chi connectivity index (χ1n) is 10.4. The molecular formula is C20H26N6O4S3. The third-order valence-corrected chi connectivity index (χ3v) is 8.73. The van der Waals surface area contributed by atoms with E-state index in [1.54, 1.807) is 42.4 Å². The van der Waals surface area contributed by atoms with Gasteiger partial charge in [-0.3, -0.25) is 0 Å². The molecule has 0 spiro atoms. The van der Waals surface area contributed by atoms with Crippen molar-refractivity contribution in [2.45, 2.75) is 9.79 Å². The topological polar surface area (TPSA) is 130 Å². The van der Waals surface area contributed by atoms with Crippen molar-refractivity contribution in [1.82, 2.24) is 19.3 Å². The fraction of sp³-hybridized carbons (Fsp3) is 0.450. The van der Waals surface area contributed by atoms with Gasteiger partial charge in [0.1, 0.15) is 0 Å². The van der Waals surface area contributed by atoms with E-state index in [1.807, 2.05) is 6.26 Å². The average Bonchev–Trinajstić information content (AvgIpc) is 3.27. The Kier molecular flexibility index (Phi) is 7.98. The number of sulfonamides is 1. The SMILES string of the molecule is CSc1cnc(NC[C@H](CO)CNc2nc3ccc(S(=O)(=O)N4CCOCC4)cc3s2)nc1. The van der Waals surface area contributed by atoms with Gasteiger partial charge < -0.3 is 20.5 Å². The lowest BCUT2D eigenvalue weighted by atomic mass is 10.1. The summed E-state index contributed by atoms with van der Waals surface area (Å²) >= 11 is 2.96. The van der Waals surface area contributed by atoms with Crippen LogP contribution < -0.4 is 10.6 Å². The van der Waals surface area contributed by atoms with Crippen molar-refractivity contribution in [2.75, 3.05) is 62.9 Å². The summed E-state index contributed by atoms with van der Waals surface area (Å²) in [5.74, 6) is 0.429.